The van der Waals surface area contributed by atoms with Crippen LogP contribution in [0.15, 0.2) is 39.8 Å². The first-order chi connectivity index (χ1) is 13.0. The zero-order chi connectivity index (χ0) is 19.4. The van der Waals surface area contributed by atoms with Gasteiger partial charge in [0.2, 0.25) is 5.91 Å². The number of anilines is 1. The van der Waals surface area contributed by atoms with Crippen molar-refractivity contribution in [2.75, 3.05) is 36.8 Å². The smallest absolute Gasteiger partial charge is 0.233 e. The molecule has 2 aromatic rings. The van der Waals surface area contributed by atoms with Crippen molar-refractivity contribution in [3.63, 3.8) is 0 Å². The molecule has 0 bridgehead atoms. The molecule has 1 fully saturated rings. The number of hydrogen-bond donors (Lipinski definition) is 0. The van der Waals surface area contributed by atoms with Crippen LogP contribution in [-0.2, 0) is 4.79 Å². The number of aromatic nitrogens is 1. The Kier molecular flexibility index (Phi) is 6.40. The molecular formula is C20H21BrN4OS. The number of nitrogens with zero attached hydrogens (tertiary/aromatic N) is 4. The van der Waals surface area contributed by atoms with Gasteiger partial charge in [0.15, 0.2) is 0 Å². The zero-order valence-electron chi connectivity index (χ0n) is 15.4. The van der Waals surface area contributed by atoms with Crippen LogP contribution >= 0.6 is 27.7 Å². The van der Waals surface area contributed by atoms with E-state index < -0.39 is 0 Å². The zero-order valence-corrected chi connectivity index (χ0v) is 17.8. The number of rotatable bonds is 4. The largest absolute Gasteiger partial charge is 0.352 e. The number of nitriles is 1. The Hall–Kier alpha value is -2.04. The van der Waals surface area contributed by atoms with E-state index in [4.69, 9.17) is 0 Å². The molecule has 0 unspecified atom stereocenters. The fourth-order valence-corrected chi connectivity index (χ4v) is 4.51. The minimum Gasteiger partial charge on any atom is -0.352 e. The normalized spacial score (nSPS) is 14.1. The molecule has 3 rings (SSSR count). The van der Waals surface area contributed by atoms with E-state index in [9.17, 15) is 10.1 Å². The van der Waals surface area contributed by atoms with Crippen molar-refractivity contribution >= 4 is 39.4 Å². The molecule has 5 nitrogen and oxygen atoms in total. The van der Waals surface area contributed by atoms with Gasteiger partial charge in [-0.3, -0.25) is 4.79 Å². The maximum absolute atomic E-state index is 12.6. The van der Waals surface area contributed by atoms with Crippen LogP contribution < -0.4 is 4.90 Å². The van der Waals surface area contributed by atoms with Crippen molar-refractivity contribution in [3.05, 3.63) is 51.6 Å². The number of carbonyl (C=O) groups excluding carboxylic acids is 1. The molecule has 0 spiro atoms. The van der Waals surface area contributed by atoms with Crippen molar-refractivity contribution in [2.45, 2.75) is 18.7 Å². The summed E-state index contributed by atoms with van der Waals surface area (Å²) in [7, 11) is 0. The molecule has 7 heteroatoms. The van der Waals surface area contributed by atoms with Gasteiger partial charge in [0, 0.05) is 41.7 Å². The SMILES string of the molecule is Cc1cc(SCC(=O)N2CCN(c3ncccc3C#N)CC2)c(C)cc1Br. The van der Waals surface area contributed by atoms with Crippen molar-refractivity contribution in [1.29, 1.82) is 5.26 Å². The molecule has 1 amide bonds. The topological polar surface area (TPSA) is 60.2 Å². The third kappa shape index (κ3) is 4.63. The maximum Gasteiger partial charge on any atom is 0.233 e. The second kappa shape index (κ2) is 8.77. The lowest BCUT2D eigenvalue weighted by Crippen LogP contribution is -2.49. The highest BCUT2D eigenvalue weighted by molar-refractivity contribution is 9.10. The van der Waals surface area contributed by atoms with Gasteiger partial charge in [-0.25, -0.2) is 4.98 Å². The lowest BCUT2D eigenvalue weighted by atomic mass is 10.2. The monoisotopic (exact) mass is 444 g/mol. The highest BCUT2D eigenvalue weighted by atomic mass is 79.9. The fraction of sp³-hybridized carbons (Fsp3) is 0.350. The lowest BCUT2D eigenvalue weighted by molar-refractivity contribution is -0.128. The number of pyridine rings is 1. The van der Waals surface area contributed by atoms with Gasteiger partial charge in [-0.05, 0) is 49.2 Å². The predicted octanol–water partition coefficient (Wildman–Crippen LogP) is 3.77. The van der Waals surface area contributed by atoms with Gasteiger partial charge < -0.3 is 9.80 Å². The Morgan fingerprint density at radius 2 is 2.00 bits per heavy atom. The van der Waals surface area contributed by atoms with Crippen LogP contribution in [0.1, 0.15) is 16.7 Å². The third-order valence-corrected chi connectivity index (χ3v) is 6.64. The van der Waals surface area contributed by atoms with E-state index >= 15 is 0 Å². The number of carbonyl (C=O) groups is 1. The van der Waals surface area contributed by atoms with Crippen LogP contribution in [0.25, 0.3) is 0 Å². The van der Waals surface area contributed by atoms with Crippen molar-refractivity contribution in [1.82, 2.24) is 9.88 Å². The second-order valence-corrected chi connectivity index (χ2v) is 8.38. The number of thioether (sulfide) groups is 1. The molecule has 0 radical (unpaired) electrons. The Morgan fingerprint density at radius 3 is 2.70 bits per heavy atom. The molecule has 27 heavy (non-hydrogen) atoms. The summed E-state index contributed by atoms with van der Waals surface area (Å²) in [5.74, 6) is 1.30. The summed E-state index contributed by atoms with van der Waals surface area (Å²) in [6, 6.07) is 9.96. The van der Waals surface area contributed by atoms with Crippen molar-refractivity contribution in [2.24, 2.45) is 0 Å². The number of aryl methyl sites for hydroxylation is 2. The molecule has 1 aliphatic heterocycles. The molecule has 1 aromatic heterocycles. The Balaban J connectivity index is 1.56. The van der Waals surface area contributed by atoms with Gasteiger partial charge in [0.1, 0.15) is 11.9 Å². The van der Waals surface area contributed by atoms with Crippen LogP contribution in [0.3, 0.4) is 0 Å². The molecule has 140 valence electrons. The Bertz CT molecular complexity index is 888. The number of halogens is 1. The predicted molar refractivity (Wildman–Crippen MR) is 112 cm³/mol. The average Bonchev–Trinajstić information content (AvgIpc) is 2.69. The molecule has 1 aliphatic rings. The molecule has 1 aromatic carbocycles. The van der Waals surface area contributed by atoms with Gasteiger partial charge >= 0.3 is 0 Å². The summed E-state index contributed by atoms with van der Waals surface area (Å²) in [6.07, 6.45) is 1.70. The van der Waals surface area contributed by atoms with Crippen molar-refractivity contribution < 1.29 is 4.79 Å². The van der Waals surface area contributed by atoms with Gasteiger partial charge in [-0.15, -0.1) is 11.8 Å². The van der Waals surface area contributed by atoms with Gasteiger partial charge in [0.25, 0.3) is 0 Å². The van der Waals surface area contributed by atoms with E-state index in [0.29, 0.717) is 43.3 Å². The summed E-state index contributed by atoms with van der Waals surface area (Å²) < 4.78 is 1.10. The standard InChI is InChI=1S/C20H21BrN4OS/c1-14-11-18(15(2)10-17(14)21)27-13-19(26)24-6-8-25(9-7-24)20-16(12-22)4-3-5-23-20/h3-5,10-11H,6-9,13H2,1-2H3. The van der Waals surface area contributed by atoms with E-state index in [1.807, 2.05) is 4.90 Å². The number of piperazine rings is 1. The Labute approximate surface area is 172 Å². The van der Waals surface area contributed by atoms with Crippen LogP contribution in [0, 0.1) is 25.2 Å². The molecule has 0 N–H and O–H groups in total. The fourth-order valence-electron chi connectivity index (χ4n) is 3.04. The van der Waals surface area contributed by atoms with E-state index in [-0.39, 0.29) is 5.91 Å². The first kappa shape index (κ1) is 19.7. The first-order valence-corrected chi connectivity index (χ1v) is 10.5. The molecule has 1 saturated heterocycles. The second-order valence-electron chi connectivity index (χ2n) is 6.51. The highest BCUT2D eigenvalue weighted by Gasteiger charge is 2.23. The minimum atomic E-state index is 0.154. The van der Waals surface area contributed by atoms with E-state index in [0.717, 1.165) is 9.37 Å². The van der Waals surface area contributed by atoms with Crippen LogP contribution in [0.5, 0.6) is 0 Å². The summed E-state index contributed by atoms with van der Waals surface area (Å²) in [6.45, 7) is 6.81. The van der Waals surface area contributed by atoms with E-state index in [1.54, 1.807) is 30.1 Å². The first-order valence-electron chi connectivity index (χ1n) is 8.77. The summed E-state index contributed by atoms with van der Waals surface area (Å²) in [5.41, 5.74) is 2.93. The Morgan fingerprint density at radius 1 is 1.26 bits per heavy atom. The molecule has 0 aliphatic carbocycles. The average molecular weight is 445 g/mol. The van der Waals surface area contributed by atoms with Gasteiger partial charge in [-0.1, -0.05) is 15.9 Å². The number of amides is 1. The summed E-state index contributed by atoms with van der Waals surface area (Å²) in [5, 5.41) is 9.24. The number of benzene rings is 1. The van der Waals surface area contributed by atoms with Crippen LogP contribution in [-0.4, -0.2) is 47.7 Å². The van der Waals surface area contributed by atoms with Crippen LogP contribution in [0.4, 0.5) is 5.82 Å². The van der Waals surface area contributed by atoms with Crippen molar-refractivity contribution in [3.8, 4) is 6.07 Å². The molecular weight excluding hydrogens is 424 g/mol. The maximum atomic E-state index is 12.6. The van der Waals surface area contributed by atoms with Gasteiger partial charge in [0.05, 0.1) is 11.3 Å². The van der Waals surface area contributed by atoms with E-state index in [2.05, 4.69) is 57.9 Å². The number of hydrogen-bond acceptors (Lipinski definition) is 5. The van der Waals surface area contributed by atoms with E-state index in [1.165, 1.54) is 11.1 Å². The lowest BCUT2D eigenvalue weighted by Gasteiger charge is -2.35. The minimum absolute atomic E-state index is 0.154. The summed E-state index contributed by atoms with van der Waals surface area (Å²) in [4.78, 5) is 22.1. The molecule has 0 atom stereocenters. The van der Waals surface area contributed by atoms with Crippen LogP contribution in [0.2, 0.25) is 0 Å². The molecule has 0 saturated carbocycles. The molecule has 2 heterocycles. The highest BCUT2D eigenvalue weighted by Crippen LogP contribution is 2.28. The van der Waals surface area contributed by atoms with Gasteiger partial charge in [-0.2, -0.15) is 5.26 Å². The summed E-state index contributed by atoms with van der Waals surface area (Å²) >= 11 is 5.14. The third-order valence-electron chi connectivity index (χ3n) is 4.65. The quantitative estimate of drug-likeness (QED) is 0.671.